The first-order valence-electron chi connectivity index (χ1n) is 11.4. The topological polar surface area (TPSA) is 46.5 Å². The third-order valence-corrected chi connectivity index (χ3v) is 6.73. The SMILES string of the molecule is COc1ccc(-c2cccc(/C=C/c3cc(CCC(C)(CO)C(C)=O)ccc3C)c2C)cc1. The fourth-order valence-electron chi connectivity index (χ4n) is 3.91. The molecule has 1 N–H and O–H groups in total. The summed E-state index contributed by atoms with van der Waals surface area (Å²) in [4.78, 5) is 11.9. The summed E-state index contributed by atoms with van der Waals surface area (Å²) in [5.41, 5.74) is 7.64. The lowest BCUT2D eigenvalue weighted by atomic mass is 9.81. The molecule has 0 saturated heterocycles. The number of hydrogen-bond donors (Lipinski definition) is 1. The Hall–Kier alpha value is -3.17. The molecular weight excluding hydrogens is 408 g/mol. The van der Waals surface area contributed by atoms with Crippen molar-refractivity contribution in [2.45, 2.75) is 40.5 Å². The molecule has 0 radical (unpaired) electrons. The molecule has 3 rings (SSSR count). The molecular formula is C30H34O3. The third kappa shape index (κ3) is 5.80. The predicted octanol–water partition coefficient (Wildman–Crippen LogP) is 6.67. The first kappa shape index (κ1) is 24.5. The monoisotopic (exact) mass is 442 g/mol. The average molecular weight is 443 g/mol. The molecule has 0 bridgehead atoms. The van der Waals surface area contributed by atoms with Crippen LogP contribution in [0.25, 0.3) is 23.3 Å². The van der Waals surface area contributed by atoms with Crippen LogP contribution in [-0.4, -0.2) is 24.6 Å². The van der Waals surface area contributed by atoms with Gasteiger partial charge < -0.3 is 9.84 Å². The lowest BCUT2D eigenvalue weighted by molar-refractivity contribution is -0.128. The summed E-state index contributed by atoms with van der Waals surface area (Å²) in [6, 6.07) is 20.9. The van der Waals surface area contributed by atoms with E-state index in [-0.39, 0.29) is 12.4 Å². The Labute approximate surface area is 197 Å². The second-order valence-electron chi connectivity index (χ2n) is 9.05. The molecule has 0 aliphatic carbocycles. The van der Waals surface area contributed by atoms with Gasteiger partial charge in [0.15, 0.2) is 0 Å². The van der Waals surface area contributed by atoms with E-state index in [1.807, 2.05) is 19.1 Å². The fourth-order valence-corrected chi connectivity index (χ4v) is 3.91. The van der Waals surface area contributed by atoms with Crippen LogP contribution in [0.3, 0.4) is 0 Å². The van der Waals surface area contributed by atoms with E-state index in [1.54, 1.807) is 14.0 Å². The van der Waals surface area contributed by atoms with Gasteiger partial charge in [0, 0.05) is 5.41 Å². The van der Waals surface area contributed by atoms with E-state index < -0.39 is 5.41 Å². The van der Waals surface area contributed by atoms with Gasteiger partial charge in [-0.15, -0.1) is 0 Å². The van der Waals surface area contributed by atoms with E-state index in [0.29, 0.717) is 6.42 Å². The lowest BCUT2D eigenvalue weighted by Crippen LogP contribution is -2.30. The first-order chi connectivity index (χ1) is 15.8. The van der Waals surface area contributed by atoms with E-state index in [4.69, 9.17) is 4.74 Å². The van der Waals surface area contributed by atoms with Crippen LogP contribution in [-0.2, 0) is 11.2 Å². The minimum absolute atomic E-state index is 0.0319. The predicted molar refractivity (Wildman–Crippen MR) is 137 cm³/mol. The molecule has 0 aromatic heterocycles. The molecule has 0 saturated carbocycles. The molecule has 0 aliphatic rings. The average Bonchev–Trinajstić information content (AvgIpc) is 2.83. The van der Waals surface area contributed by atoms with Crippen molar-refractivity contribution in [1.82, 2.24) is 0 Å². The Morgan fingerprint density at radius 2 is 1.70 bits per heavy atom. The van der Waals surface area contributed by atoms with Gasteiger partial charge in [-0.1, -0.05) is 67.6 Å². The Morgan fingerprint density at radius 1 is 1.00 bits per heavy atom. The fraction of sp³-hybridized carbons (Fsp3) is 0.300. The van der Waals surface area contributed by atoms with E-state index in [0.717, 1.165) is 17.7 Å². The van der Waals surface area contributed by atoms with Gasteiger partial charge in [0.05, 0.1) is 13.7 Å². The van der Waals surface area contributed by atoms with Gasteiger partial charge >= 0.3 is 0 Å². The highest BCUT2D eigenvalue weighted by Gasteiger charge is 2.28. The number of aryl methyl sites for hydroxylation is 2. The number of carbonyl (C=O) groups is 1. The maximum Gasteiger partial charge on any atom is 0.137 e. The van der Waals surface area contributed by atoms with Crippen molar-refractivity contribution >= 4 is 17.9 Å². The largest absolute Gasteiger partial charge is 0.497 e. The highest BCUT2D eigenvalue weighted by molar-refractivity contribution is 5.82. The number of rotatable bonds is 9. The van der Waals surface area contributed by atoms with Crippen molar-refractivity contribution in [3.05, 3.63) is 88.5 Å². The number of aliphatic hydroxyl groups is 1. The number of hydrogen-bond acceptors (Lipinski definition) is 3. The normalized spacial score (nSPS) is 13.2. The lowest BCUT2D eigenvalue weighted by Gasteiger charge is -2.24. The van der Waals surface area contributed by atoms with Gasteiger partial charge in [-0.2, -0.15) is 0 Å². The Balaban J connectivity index is 1.83. The minimum atomic E-state index is -0.681. The zero-order valence-corrected chi connectivity index (χ0v) is 20.3. The second-order valence-corrected chi connectivity index (χ2v) is 9.05. The Bertz CT molecular complexity index is 1140. The van der Waals surface area contributed by atoms with Gasteiger partial charge in [-0.3, -0.25) is 4.79 Å². The van der Waals surface area contributed by atoms with Crippen molar-refractivity contribution in [3.8, 4) is 16.9 Å². The molecule has 172 valence electrons. The molecule has 3 nitrogen and oxygen atoms in total. The Kier molecular flexibility index (Phi) is 7.88. The van der Waals surface area contributed by atoms with Crippen LogP contribution >= 0.6 is 0 Å². The van der Waals surface area contributed by atoms with E-state index in [2.05, 4.69) is 74.5 Å². The van der Waals surface area contributed by atoms with Gasteiger partial charge in [-0.25, -0.2) is 0 Å². The van der Waals surface area contributed by atoms with Crippen LogP contribution in [0, 0.1) is 19.3 Å². The molecule has 0 spiro atoms. The van der Waals surface area contributed by atoms with Crippen LogP contribution in [0.4, 0.5) is 0 Å². The van der Waals surface area contributed by atoms with E-state index >= 15 is 0 Å². The molecule has 1 atom stereocenters. The van der Waals surface area contributed by atoms with Gasteiger partial charge in [0.1, 0.15) is 11.5 Å². The summed E-state index contributed by atoms with van der Waals surface area (Å²) in [5, 5.41) is 9.66. The number of benzene rings is 3. The summed E-state index contributed by atoms with van der Waals surface area (Å²) in [5.74, 6) is 0.884. The van der Waals surface area contributed by atoms with Crippen molar-refractivity contribution in [2.24, 2.45) is 5.41 Å². The van der Waals surface area contributed by atoms with Crippen molar-refractivity contribution in [3.63, 3.8) is 0 Å². The summed E-state index contributed by atoms with van der Waals surface area (Å²) in [7, 11) is 1.68. The van der Waals surface area contributed by atoms with E-state index in [9.17, 15) is 9.90 Å². The first-order valence-corrected chi connectivity index (χ1v) is 11.4. The van der Waals surface area contributed by atoms with Crippen LogP contribution in [0.15, 0.2) is 60.7 Å². The summed E-state index contributed by atoms with van der Waals surface area (Å²) in [6.07, 6.45) is 5.72. The molecule has 3 aromatic rings. The van der Waals surface area contributed by atoms with Crippen LogP contribution in [0.5, 0.6) is 5.75 Å². The van der Waals surface area contributed by atoms with Crippen molar-refractivity contribution in [1.29, 1.82) is 0 Å². The van der Waals surface area contributed by atoms with Gasteiger partial charge in [0.2, 0.25) is 0 Å². The van der Waals surface area contributed by atoms with Gasteiger partial charge in [-0.05, 0) is 84.7 Å². The van der Waals surface area contributed by atoms with Crippen LogP contribution in [0.1, 0.15) is 48.1 Å². The molecule has 1 unspecified atom stereocenters. The zero-order chi connectivity index (χ0) is 24.0. The second kappa shape index (κ2) is 10.6. The number of aliphatic hydroxyl groups excluding tert-OH is 1. The number of methoxy groups -OCH3 is 1. The maximum absolute atomic E-state index is 11.9. The summed E-state index contributed by atoms with van der Waals surface area (Å²) >= 11 is 0. The van der Waals surface area contributed by atoms with E-state index in [1.165, 1.54) is 33.4 Å². The smallest absolute Gasteiger partial charge is 0.137 e. The molecule has 0 fully saturated rings. The van der Waals surface area contributed by atoms with Crippen molar-refractivity contribution in [2.75, 3.05) is 13.7 Å². The Morgan fingerprint density at radius 3 is 2.33 bits per heavy atom. The number of Topliss-reactive ketones (excluding diaryl/α,β-unsaturated/α-hetero) is 1. The molecule has 3 heteroatoms. The van der Waals surface area contributed by atoms with Gasteiger partial charge in [0.25, 0.3) is 0 Å². The number of carbonyl (C=O) groups excluding carboxylic acids is 1. The molecule has 0 heterocycles. The quantitative estimate of drug-likeness (QED) is 0.377. The highest BCUT2D eigenvalue weighted by atomic mass is 16.5. The molecule has 0 aliphatic heterocycles. The summed E-state index contributed by atoms with van der Waals surface area (Å²) in [6.45, 7) is 7.53. The van der Waals surface area contributed by atoms with Crippen LogP contribution in [0.2, 0.25) is 0 Å². The van der Waals surface area contributed by atoms with Crippen molar-refractivity contribution < 1.29 is 14.6 Å². The standard InChI is InChI=1S/C30H34O3/c1-21-9-10-24(17-18-30(4,20-31)23(3)32)19-27(21)12-11-25-7-6-8-29(22(25)2)26-13-15-28(33-5)16-14-26/h6-16,19,31H,17-18,20H2,1-5H3/b12-11+. The summed E-state index contributed by atoms with van der Waals surface area (Å²) < 4.78 is 5.28. The maximum atomic E-state index is 11.9. The third-order valence-electron chi connectivity index (χ3n) is 6.73. The molecule has 33 heavy (non-hydrogen) atoms. The number of ketones is 1. The number of ether oxygens (including phenoxy) is 1. The molecule has 0 amide bonds. The van der Waals surface area contributed by atoms with Crippen LogP contribution < -0.4 is 4.74 Å². The molecule has 3 aromatic carbocycles. The highest BCUT2D eigenvalue weighted by Crippen LogP contribution is 2.29. The minimum Gasteiger partial charge on any atom is -0.497 e. The zero-order valence-electron chi connectivity index (χ0n) is 20.3.